The van der Waals surface area contributed by atoms with Gasteiger partial charge in [0.1, 0.15) is 5.54 Å². The standard InChI is InChI=1S/C13H26BN3O5/c1-8(2)10(15)11(18)17-6-9(4-3-5-14(21)22)13(16,7-17)12(19)20/h8-10,21-22H,3-7,15-16H2,1-2H3,(H,19,20)/t9-,10-,13-/m0/s1. The fourth-order valence-corrected chi connectivity index (χ4v) is 2.74. The number of hydrogen-bond donors (Lipinski definition) is 5. The number of nitrogens with two attached hydrogens (primary N) is 2. The summed E-state index contributed by atoms with van der Waals surface area (Å²) in [4.78, 5) is 25.2. The molecule has 1 aliphatic heterocycles. The van der Waals surface area contributed by atoms with Crippen LogP contribution in [0.2, 0.25) is 6.32 Å². The number of carbonyl (C=O) groups excluding carboxylic acids is 1. The van der Waals surface area contributed by atoms with Gasteiger partial charge in [-0.2, -0.15) is 0 Å². The summed E-state index contributed by atoms with van der Waals surface area (Å²) in [6.07, 6.45) is 0.972. The number of hydrogen-bond acceptors (Lipinski definition) is 6. The highest BCUT2D eigenvalue weighted by molar-refractivity contribution is 6.40. The van der Waals surface area contributed by atoms with Gasteiger partial charge in [-0.3, -0.25) is 9.59 Å². The SMILES string of the molecule is CC(C)[C@H](N)C(=O)N1C[C@H](CCCB(O)O)[C@](N)(C(=O)O)C1. The fourth-order valence-electron chi connectivity index (χ4n) is 2.74. The molecule has 7 N–H and O–H groups in total. The molecule has 0 saturated carbocycles. The molecule has 126 valence electrons. The summed E-state index contributed by atoms with van der Waals surface area (Å²) < 4.78 is 0. The Morgan fingerprint density at radius 2 is 2.00 bits per heavy atom. The number of carboxylic acids is 1. The average molecular weight is 315 g/mol. The predicted molar refractivity (Wildman–Crippen MR) is 81.7 cm³/mol. The number of carboxylic acid groups (broad SMARTS) is 1. The molecule has 1 aliphatic rings. The van der Waals surface area contributed by atoms with E-state index in [4.69, 9.17) is 21.5 Å². The van der Waals surface area contributed by atoms with Crippen LogP contribution < -0.4 is 11.5 Å². The van der Waals surface area contributed by atoms with E-state index in [1.165, 1.54) is 4.90 Å². The Bertz CT molecular complexity index is 420. The van der Waals surface area contributed by atoms with Crippen LogP contribution in [0.3, 0.4) is 0 Å². The maximum Gasteiger partial charge on any atom is 0.451 e. The van der Waals surface area contributed by atoms with E-state index in [2.05, 4.69) is 0 Å². The van der Waals surface area contributed by atoms with Gasteiger partial charge in [-0.25, -0.2) is 0 Å². The van der Waals surface area contributed by atoms with Gasteiger partial charge in [0.05, 0.1) is 6.04 Å². The van der Waals surface area contributed by atoms with Crippen LogP contribution in [0.1, 0.15) is 26.7 Å². The van der Waals surface area contributed by atoms with Gasteiger partial charge in [-0.15, -0.1) is 0 Å². The minimum atomic E-state index is -1.52. The van der Waals surface area contributed by atoms with E-state index in [1.807, 2.05) is 13.8 Å². The summed E-state index contributed by atoms with van der Waals surface area (Å²) in [5, 5.41) is 27.1. The van der Waals surface area contributed by atoms with E-state index < -0.39 is 30.6 Å². The average Bonchev–Trinajstić information content (AvgIpc) is 2.75. The minimum Gasteiger partial charge on any atom is -0.480 e. The van der Waals surface area contributed by atoms with Crippen molar-refractivity contribution in [2.24, 2.45) is 23.3 Å². The number of nitrogens with zero attached hydrogens (tertiary/aromatic N) is 1. The van der Waals surface area contributed by atoms with Crippen molar-refractivity contribution >= 4 is 19.0 Å². The van der Waals surface area contributed by atoms with Crippen LogP contribution in [0, 0.1) is 11.8 Å². The highest BCUT2D eigenvalue weighted by Crippen LogP contribution is 2.31. The lowest BCUT2D eigenvalue weighted by Gasteiger charge is -2.25. The lowest BCUT2D eigenvalue weighted by atomic mass is 9.78. The van der Waals surface area contributed by atoms with Crippen LogP contribution in [0.4, 0.5) is 0 Å². The van der Waals surface area contributed by atoms with E-state index in [1.54, 1.807) is 0 Å². The second kappa shape index (κ2) is 7.41. The highest BCUT2D eigenvalue weighted by Gasteiger charge is 2.51. The van der Waals surface area contributed by atoms with Crippen LogP contribution in [0.5, 0.6) is 0 Å². The zero-order chi connectivity index (χ0) is 17.1. The lowest BCUT2D eigenvalue weighted by molar-refractivity contribution is -0.144. The first-order valence-electron chi connectivity index (χ1n) is 7.52. The van der Waals surface area contributed by atoms with Crippen molar-refractivity contribution in [2.75, 3.05) is 13.1 Å². The van der Waals surface area contributed by atoms with Gasteiger partial charge in [0.15, 0.2) is 0 Å². The minimum absolute atomic E-state index is 0.0481. The summed E-state index contributed by atoms with van der Waals surface area (Å²) in [6.45, 7) is 3.80. The quantitative estimate of drug-likeness (QED) is 0.357. The van der Waals surface area contributed by atoms with Crippen molar-refractivity contribution in [3.05, 3.63) is 0 Å². The zero-order valence-corrected chi connectivity index (χ0v) is 13.1. The van der Waals surface area contributed by atoms with Gasteiger partial charge in [0, 0.05) is 19.0 Å². The monoisotopic (exact) mass is 315 g/mol. The van der Waals surface area contributed by atoms with Gasteiger partial charge < -0.3 is 31.5 Å². The molecule has 0 aromatic rings. The summed E-state index contributed by atoms with van der Waals surface area (Å²) >= 11 is 0. The van der Waals surface area contributed by atoms with E-state index in [0.29, 0.717) is 12.8 Å². The van der Waals surface area contributed by atoms with Gasteiger partial charge in [0.2, 0.25) is 5.91 Å². The molecule has 0 bridgehead atoms. The molecular formula is C13H26BN3O5. The summed E-state index contributed by atoms with van der Waals surface area (Å²) in [6, 6.07) is -0.684. The Morgan fingerprint density at radius 1 is 1.41 bits per heavy atom. The van der Waals surface area contributed by atoms with E-state index >= 15 is 0 Å². The molecule has 1 heterocycles. The predicted octanol–water partition coefficient (Wildman–Crippen LogP) is -1.54. The van der Waals surface area contributed by atoms with E-state index in [9.17, 15) is 14.7 Å². The third-order valence-corrected chi connectivity index (χ3v) is 4.35. The smallest absolute Gasteiger partial charge is 0.451 e. The number of rotatable bonds is 7. The molecule has 0 aromatic carbocycles. The van der Waals surface area contributed by atoms with Crippen LogP contribution in [-0.4, -0.2) is 63.7 Å². The van der Waals surface area contributed by atoms with Crippen LogP contribution in [0.25, 0.3) is 0 Å². The maximum atomic E-state index is 12.3. The number of carbonyl (C=O) groups is 2. The van der Waals surface area contributed by atoms with Crippen molar-refractivity contribution in [2.45, 2.75) is 44.6 Å². The third kappa shape index (κ3) is 4.19. The summed E-state index contributed by atoms with van der Waals surface area (Å²) in [5.74, 6) is -1.94. The Kier molecular flexibility index (Phi) is 6.36. The van der Waals surface area contributed by atoms with Gasteiger partial charge in [-0.1, -0.05) is 20.3 Å². The number of aliphatic carboxylic acids is 1. The Morgan fingerprint density at radius 3 is 2.45 bits per heavy atom. The van der Waals surface area contributed by atoms with E-state index in [0.717, 1.165) is 0 Å². The van der Waals surface area contributed by atoms with Crippen molar-refractivity contribution in [3.63, 3.8) is 0 Å². The molecule has 0 aliphatic carbocycles. The lowest BCUT2D eigenvalue weighted by Crippen LogP contribution is -2.55. The van der Waals surface area contributed by atoms with Crippen LogP contribution in [-0.2, 0) is 9.59 Å². The second-order valence-electron chi connectivity index (χ2n) is 6.44. The van der Waals surface area contributed by atoms with Crippen LogP contribution in [0.15, 0.2) is 0 Å². The van der Waals surface area contributed by atoms with Gasteiger partial charge in [-0.05, 0) is 18.7 Å². The van der Waals surface area contributed by atoms with Gasteiger partial charge in [0.25, 0.3) is 0 Å². The largest absolute Gasteiger partial charge is 0.480 e. The second-order valence-corrected chi connectivity index (χ2v) is 6.44. The Labute approximate surface area is 130 Å². The molecule has 1 amide bonds. The first-order chi connectivity index (χ1) is 10.1. The molecule has 1 rings (SSSR count). The van der Waals surface area contributed by atoms with Crippen molar-refractivity contribution < 1.29 is 24.7 Å². The molecule has 3 atom stereocenters. The zero-order valence-electron chi connectivity index (χ0n) is 13.1. The van der Waals surface area contributed by atoms with Crippen molar-refractivity contribution in [1.29, 1.82) is 0 Å². The maximum absolute atomic E-state index is 12.3. The molecule has 0 aromatic heterocycles. The molecule has 1 saturated heterocycles. The highest BCUT2D eigenvalue weighted by atomic mass is 16.4. The fraction of sp³-hybridized carbons (Fsp3) is 0.846. The number of likely N-dealkylation sites (tertiary alicyclic amines) is 1. The molecule has 0 spiro atoms. The molecule has 0 radical (unpaired) electrons. The van der Waals surface area contributed by atoms with Gasteiger partial charge >= 0.3 is 13.1 Å². The molecule has 8 nitrogen and oxygen atoms in total. The molecule has 1 fully saturated rings. The topological polar surface area (TPSA) is 150 Å². The van der Waals surface area contributed by atoms with Crippen LogP contribution >= 0.6 is 0 Å². The van der Waals surface area contributed by atoms with E-state index in [-0.39, 0.29) is 31.2 Å². The summed E-state index contributed by atoms with van der Waals surface area (Å²) in [7, 11) is -1.43. The third-order valence-electron chi connectivity index (χ3n) is 4.35. The molecule has 0 unspecified atom stereocenters. The molecular weight excluding hydrogens is 289 g/mol. The first kappa shape index (κ1) is 18.9. The van der Waals surface area contributed by atoms with Crippen molar-refractivity contribution in [1.82, 2.24) is 4.90 Å². The molecule has 9 heteroatoms. The van der Waals surface area contributed by atoms with Crippen molar-refractivity contribution in [3.8, 4) is 0 Å². The Hall–Kier alpha value is -1.16. The normalized spacial score (nSPS) is 26.3. The summed E-state index contributed by atoms with van der Waals surface area (Å²) in [5.41, 5.74) is 10.3. The first-order valence-corrected chi connectivity index (χ1v) is 7.52. The number of amides is 1. The Balaban J connectivity index is 2.79. The molecule has 22 heavy (non-hydrogen) atoms.